The van der Waals surface area contributed by atoms with Crippen LogP contribution in [0.2, 0.25) is 0 Å². The van der Waals surface area contributed by atoms with E-state index in [1.165, 1.54) is 18.9 Å². The minimum atomic E-state index is -0.140. The van der Waals surface area contributed by atoms with Crippen LogP contribution in [0.5, 0.6) is 0 Å². The van der Waals surface area contributed by atoms with Gasteiger partial charge in [-0.1, -0.05) is 18.2 Å². The number of rotatable bonds is 6. The van der Waals surface area contributed by atoms with Crippen molar-refractivity contribution in [3.8, 4) is 22.3 Å². The zero-order valence-corrected chi connectivity index (χ0v) is 17.8. The van der Waals surface area contributed by atoms with E-state index in [1.54, 1.807) is 19.2 Å². The smallest absolute Gasteiger partial charge is 0.250 e. The Morgan fingerprint density at radius 2 is 2.06 bits per heavy atom. The molecule has 6 heteroatoms. The van der Waals surface area contributed by atoms with Gasteiger partial charge in [0.1, 0.15) is 5.65 Å². The van der Waals surface area contributed by atoms with Gasteiger partial charge in [-0.25, -0.2) is 4.98 Å². The van der Waals surface area contributed by atoms with Crippen molar-refractivity contribution < 1.29 is 4.79 Å². The Kier molecular flexibility index (Phi) is 5.19. The number of likely N-dealkylation sites (N-methyl/N-ethyl adjacent to an activating group) is 1. The lowest BCUT2D eigenvalue weighted by Crippen LogP contribution is -2.19. The van der Waals surface area contributed by atoms with Crippen LogP contribution in [0.1, 0.15) is 18.4 Å². The summed E-state index contributed by atoms with van der Waals surface area (Å²) in [6.45, 7) is 0.787. The highest BCUT2D eigenvalue weighted by Gasteiger charge is 2.22. The normalized spacial score (nSPS) is 13.7. The topological polar surface area (TPSA) is 79.8 Å². The van der Waals surface area contributed by atoms with Gasteiger partial charge in [0, 0.05) is 66.4 Å². The monoisotopic (exact) mass is 424 g/mol. The average molecular weight is 425 g/mol. The zero-order chi connectivity index (χ0) is 22.1. The quantitative estimate of drug-likeness (QED) is 0.455. The van der Waals surface area contributed by atoms with E-state index in [9.17, 15) is 9.59 Å². The molecule has 0 aliphatic heterocycles. The number of carbonyl (C=O) groups is 1. The van der Waals surface area contributed by atoms with Crippen molar-refractivity contribution in [1.29, 1.82) is 0 Å². The molecule has 0 atom stereocenters. The van der Waals surface area contributed by atoms with E-state index in [-0.39, 0.29) is 11.5 Å². The van der Waals surface area contributed by atoms with Gasteiger partial charge < -0.3 is 14.9 Å². The molecule has 6 nitrogen and oxygen atoms in total. The fourth-order valence-corrected chi connectivity index (χ4v) is 3.89. The van der Waals surface area contributed by atoms with Gasteiger partial charge in [0.15, 0.2) is 0 Å². The first kappa shape index (κ1) is 20.0. The van der Waals surface area contributed by atoms with E-state index < -0.39 is 0 Å². The number of nitrogens with one attached hydrogen (secondary N) is 2. The maximum Gasteiger partial charge on any atom is 0.250 e. The molecule has 0 radical (unpaired) electrons. The number of H-pyrrole nitrogens is 1. The molecule has 1 aliphatic carbocycles. The van der Waals surface area contributed by atoms with Gasteiger partial charge >= 0.3 is 0 Å². The lowest BCUT2D eigenvalue weighted by molar-refractivity contribution is -0.115. The predicted octanol–water partition coefficient (Wildman–Crippen LogP) is 4.23. The summed E-state index contributed by atoms with van der Waals surface area (Å²) in [5.41, 5.74) is 5.81. The number of nitrogens with zero attached hydrogens (tertiary/aromatic N) is 2. The van der Waals surface area contributed by atoms with Gasteiger partial charge in [-0.2, -0.15) is 0 Å². The van der Waals surface area contributed by atoms with E-state index in [1.807, 2.05) is 53.5 Å². The van der Waals surface area contributed by atoms with Crippen molar-refractivity contribution in [3.63, 3.8) is 0 Å². The Hall–Kier alpha value is -3.93. The Bertz CT molecular complexity index is 1390. The molecule has 160 valence electrons. The van der Waals surface area contributed by atoms with Crippen LogP contribution in [-0.4, -0.2) is 27.5 Å². The van der Waals surface area contributed by atoms with E-state index >= 15 is 0 Å². The first-order valence-electron chi connectivity index (χ1n) is 10.8. The van der Waals surface area contributed by atoms with Crippen molar-refractivity contribution >= 4 is 23.0 Å². The first-order chi connectivity index (χ1) is 15.6. The standard InChI is InChI=1S/C26H24N4O2/c1-27-24(31)9-7-17-3-2-4-19(11-17)21-12-22-23(14-29-26(22)28-13-21)20-8-10-25(32)30(16-20)15-18-5-6-18/h2-4,7-14,16,18H,5-6,15H2,1H3,(H,27,31)(H,28,29)/b9-7+. The molecular formula is C26H24N4O2. The first-order valence-corrected chi connectivity index (χ1v) is 10.8. The van der Waals surface area contributed by atoms with Crippen molar-refractivity contribution in [3.05, 3.63) is 83.0 Å². The molecule has 3 heterocycles. The summed E-state index contributed by atoms with van der Waals surface area (Å²) >= 11 is 0. The predicted molar refractivity (Wildman–Crippen MR) is 127 cm³/mol. The molecule has 1 fully saturated rings. The van der Waals surface area contributed by atoms with Gasteiger partial charge in [-0.05, 0) is 54.2 Å². The minimum absolute atomic E-state index is 0.0425. The van der Waals surface area contributed by atoms with Crippen LogP contribution >= 0.6 is 0 Å². The van der Waals surface area contributed by atoms with Gasteiger partial charge in [0.25, 0.3) is 5.56 Å². The van der Waals surface area contributed by atoms with Crippen molar-refractivity contribution in [2.45, 2.75) is 19.4 Å². The molecular weight excluding hydrogens is 400 g/mol. The number of fused-ring (bicyclic) bond motifs is 1. The van der Waals surface area contributed by atoms with Crippen molar-refractivity contribution in [1.82, 2.24) is 19.9 Å². The lowest BCUT2D eigenvalue weighted by Gasteiger charge is -2.08. The van der Waals surface area contributed by atoms with Crippen LogP contribution in [0.15, 0.2) is 71.9 Å². The summed E-state index contributed by atoms with van der Waals surface area (Å²) in [6, 6.07) is 13.6. The third kappa shape index (κ3) is 4.12. The highest BCUT2D eigenvalue weighted by atomic mass is 16.1. The van der Waals surface area contributed by atoms with Crippen LogP contribution in [0.25, 0.3) is 39.4 Å². The maximum absolute atomic E-state index is 12.3. The van der Waals surface area contributed by atoms with Crippen LogP contribution in [-0.2, 0) is 11.3 Å². The Balaban J connectivity index is 1.52. The zero-order valence-electron chi connectivity index (χ0n) is 17.8. The number of carbonyl (C=O) groups excluding carboxylic acids is 1. The van der Waals surface area contributed by atoms with E-state index in [0.717, 1.165) is 45.4 Å². The molecule has 5 rings (SSSR count). The number of aromatic nitrogens is 3. The van der Waals surface area contributed by atoms with Gasteiger partial charge in [0.2, 0.25) is 5.91 Å². The molecule has 1 aliphatic rings. The SMILES string of the molecule is CNC(=O)/C=C/c1cccc(-c2cnc3[nH]cc(-c4ccc(=O)n(CC5CC5)c4)c3c2)c1. The molecule has 2 N–H and O–H groups in total. The number of pyridine rings is 2. The molecule has 0 spiro atoms. The Morgan fingerprint density at radius 1 is 1.19 bits per heavy atom. The summed E-state index contributed by atoms with van der Waals surface area (Å²) in [4.78, 5) is 31.6. The average Bonchev–Trinajstić information content (AvgIpc) is 3.54. The molecule has 4 aromatic rings. The lowest BCUT2D eigenvalue weighted by atomic mass is 10.0. The fourth-order valence-electron chi connectivity index (χ4n) is 3.89. The minimum Gasteiger partial charge on any atom is -0.356 e. The number of hydrogen-bond donors (Lipinski definition) is 2. The van der Waals surface area contributed by atoms with Crippen molar-refractivity contribution in [2.24, 2.45) is 5.92 Å². The highest BCUT2D eigenvalue weighted by molar-refractivity contribution is 5.96. The van der Waals surface area contributed by atoms with E-state index in [2.05, 4.69) is 21.4 Å². The van der Waals surface area contributed by atoms with Crippen LogP contribution in [0.4, 0.5) is 0 Å². The van der Waals surface area contributed by atoms with Crippen LogP contribution < -0.4 is 10.9 Å². The summed E-state index contributed by atoms with van der Waals surface area (Å²) in [6.07, 6.45) is 11.5. The summed E-state index contributed by atoms with van der Waals surface area (Å²) in [7, 11) is 1.61. The summed E-state index contributed by atoms with van der Waals surface area (Å²) in [5, 5.41) is 3.59. The second-order valence-electron chi connectivity index (χ2n) is 8.25. The summed E-state index contributed by atoms with van der Waals surface area (Å²) in [5.74, 6) is 0.488. The number of benzene rings is 1. The molecule has 0 unspecified atom stereocenters. The molecule has 0 bridgehead atoms. The van der Waals surface area contributed by atoms with Crippen LogP contribution in [0.3, 0.4) is 0 Å². The number of aromatic amines is 1. The third-order valence-electron chi connectivity index (χ3n) is 5.87. The molecule has 1 amide bonds. The molecule has 3 aromatic heterocycles. The Morgan fingerprint density at radius 3 is 2.88 bits per heavy atom. The van der Waals surface area contributed by atoms with Crippen LogP contribution in [0, 0.1) is 5.92 Å². The fraction of sp³-hybridized carbons (Fsp3) is 0.192. The van der Waals surface area contributed by atoms with Gasteiger partial charge in [-0.3, -0.25) is 9.59 Å². The van der Waals surface area contributed by atoms with Crippen molar-refractivity contribution in [2.75, 3.05) is 7.05 Å². The number of amides is 1. The van der Waals surface area contributed by atoms with E-state index in [0.29, 0.717) is 5.92 Å². The van der Waals surface area contributed by atoms with Gasteiger partial charge in [0.05, 0.1) is 0 Å². The third-order valence-corrected chi connectivity index (χ3v) is 5.87. The summed E-state index contributed by atoms with van der Waals surface area (Å²) < 4.78 is 1.82. The van der Waals surface area contributed by atoms with Gasteiger partial charge in [-0.15, -0.1) is 0 Å². The molecule has 32 heavy (non-hydrogen) atoms. The molecule has 1 aromatic carbocycles. The second-order valence-corrected chi connectivity index (χ2v) is 8.25. The molecule has 0 saturated heterocycles. The Labute approximate surface area is 185 Å². The van der Waals surface area contributed by atoms with E-state index in [4.69, 9.17) is 0 Å². The number of hydrogen-bond acceptors (Lipinski definition) is 3. The molecule has 1 saturated carbocycles. The largest absolute Gasteiger partial charge is 0.356 e. The highest BCUT2D eigenvalue weighted by Crippen LogP contribution is 2.33. The maximum atomic E-state index is 12.3. The second kappa shape index (κ2) is 8.30.